The molecule has 0 bridgehead atoms. The van der Waals surface area contributed by atoms with Crippen molar-refractivity contribution in [2.75, 3.05) is 6.54 Å². The van der Waals surface area contributed by atoms with Crippen LogP contribution in [0, 0.1) is 0 Å². The number of amides is 2. The first-order valence-corrected chi connectivity index (χ1v) is 7.55. The topological polar surface area (TPSA) is 50.4 Å². The minimum atomic E-state index is -2.74. The number of carbonyl (C=O) groups is 1. The fourth-order valence-electron chi connectivity index (χ4n) is 3.18. The van der Waals surface area contributed by atoms with E-state index in [1.807, 2.05) is 0 Å². The van der Waals surface area contributed by atoms with Gasteiger partial charge in [-0.2, -0.15) is 0 Å². The third kappa shape index (κ3) is 2.28. The van der Waals surface area contributed by atoms with Crippen molar-refractivity contribution >= 4 is 6.03 Å². The van der Waals surface area contributed by atoms with Crippen LogP contribution in [-0.2, 0) is 4.74 Å². The molecule has 20 heavy (non-hydrogen) atoms. The van der Waals surface area contributed by atoms with Crippen LogP contribution in [0.4, 0.5) is 13.6 Å². The van der Waals surface area contributed by atoms with Crippen molar-refractivity contribution in [1.82, 2.24) is 10.6 Å². The molecule has 2 amide bonds. The van der Waals surface area contributed by atoms with Crippen LogP contribution in [0.5, 0.6) is 0 Å². The van der Waals surface area contributed by atoms with E-state index in [4.69, 9.17) is 4.74 Å². The smallest absolute Gasteiger partial charge is 0.315 e. The molecule has 2 aliphatic carbocycles. The first kappa shape index (κ1) is 14.0. The Hall–Kier alpha value is -0.910. The lowest BCUT2D eigenvalue weighted by molar-refractivity contribution is -0.0964. The van der Waals surface area contributed by atoms with E-state index in [0.717, 1.165) is 19.3 Å². The van der Waals surface area contributed by atoms with Crippen molar-refractivity contribution in [2.45, 2.75) is 75.0 Å². The van der Waals surface area contributed by atoms with Crippen molar-refractivity contribution in [3.63, 3.8) is 0 Å². The maximum absolute atomic E-state index is 13.9. The Balaban J connectivity index is 1.45. The summed E-state index contributed by atoms with van der Waals surface area (Å²) < 4.78 is 33.4. The van der Waals surface area contributed by atoms with Crippen LogP contribution in [0.3, 0.4) is 0 Å². The van der Waals surface area contributed by atoms with Gasteiger partial charge in [0.1, 0.15) is 5.60 Å². The van der Waals surface area contributed by atoms with Crippen LogP contribution in [0.25, 0.3) is 0 Å². The van der Waals surface area contributed by atoms with E-state index in [1.165, 1.54) is 0 Å². The highest BCUT2D eigenvalue weighted by Gasteiger charge is 2.79. The Morgan fingerprint density at radius 1 is 1.35 bits per heavy atom. The number of rotatable bonds is 5. The monoisotopic (exact) mass is 288 g/mol. The van der Waals surface area contributed by atoms with E-state index >= 15 is 0 Å². The summed E-state index contributed by atoms with van der Waals surface area (Å²) in [6, 6.07) is -0.536. The summed E-state index contributed by atoms with van der Waals surface area (Å²) in [7, 11) is 0. The number of unbranched alkanes of at least 4 members (excludes halogenated alkanes) is 2. The van der Waals surface area contributed by atoms with Crippen molar-refractivity contribution < 1.29 is 18.3 Å². The van der Waals surface area contributed by atoms with Gasteiger partial charge in [-0.1, -0.05) is 19.8 Å². The second kappa shape index (κ2) is 4.55. The highest BCUT2D eigenvalue weighted by atomic mass is 19.3. The van der Waals surface area contributed by atoms with Crippen LogP contribution in [0.2, 0.25) is 0 Å². The molecule has 1 unspecified atom stereocenters. The van der Waals surface area contributed by atoms with Crippen LogP contribution < -0.4 is 10.6 Å². The maximum atomic E-state index is 13.9. The maximum Gasteiger partial charge on any atom is 0.315 e. The fourth-order valence-corrected chi connectivity index (χ4v) is 3.18. The third-order valence-electron chi connectivity index (χ3n) is 4.69. The molecule has 0 radical (unpaired) electrons. The molecule has 3 rings (SSSR count). The molecule has 6 heteroatoms. The first-order chi connectivity index (χ1) is 9.43. The van der Waals surface area contributed by atoms with Gasteiger partial charge in [-0.3, -0.25) is 0 Å². The lowest BCUT2D eigenvalue weighted by Gasteiger charge is -2.15. The number of halogens is 2. The standard InChI is InChI=1S/C14H22F2N2O2/c1-2-3-4-7-17-11(19)18-10-8-12(10)9-14(15,16)13(20-12)5-6-13/h10H,2-9H2,1H3,(H2,17,18,19)/t10-,12?/m0/s1. The van der Waals surface area contributed by atoms with Gasteiger partial charge in [0, 0.05) is 19.4 Å². The van der Waals surface area contributed by atoms with E-state index in [2.05, 4.69) is 17.6 Å². The van der Waals surface area contributed by atoms with E-state index in [9.17, 15) is 13.6 Å². The van der Waals surface area contributed by atoms with Gasteiger partial charge in [-0.15, -0.1) is 0 Å². The van der Waals surface area contributed by atoms with Gasteiger partial charge in [0.15, 0.2) is 0 Å². The lowest BCUT2D eigenvalue weighted by atomic mass is 10.1. The van der Waals surface area contributed by atoms with Gasteiger partial charge >= 0.3 is 6.03 Å². The summed E-state index contributed by atoms with van der Waals surface area (Å²) in [5.74, 6) is -2.74. The number of nitrogens with one attached hydrogen (secondary N) is 2. The van der Waals surface area contributed by atoms with Gasteiger partial charge in [-0.25, -0.2) is 13.6 Å². The van der Waals surface area contributed by atoms with Crippen LogP contribution in [0.15, 0.2) is 0 Å². The van der Waals surface area contributed by atoms with Gasteiger partial charge in [0.2, 0.25) is 0 Å². The van der Waals surface area contributed by atoms with Gasteiger partial charge in [-0.05, 0) is 19.3 Å². The van der Waals surface area contributed by atoms with Crippen molar-refractivity contribution in [1.29, 1.82) is 0 Å². The van der Waals surface area contributed by atoms with E-state index in [-0.39, 0.29) is 18.5 Å². The van der Waals surface area contributed by atoms with E-state index in [1.54, 1.807) is 0 Å². The average Bonchev–Trinajstić information content (AvgIpc) is 3.23. The molecule has 0 aromatic heterocycles. The molecule has 114 valence electrons. The van der Waals surface area contributed by atoms with Gasteiger partial charge in [0.05, 0.1) is 11.6 Å². The summed E-state index contributed by atoms with van der Waals surface area (Å²) in [4.78, 5) is 11.7. The largest absolute Gasteiger partial charge is 0.360 e. The van der Waals surface area contributed by atoms with E-state index in [0.29, 0.717) is 25.8 Å². The zero-order chi connectivity index (χ0) is 14.4. The number of alkyl halides is 2. The molecule has 1 aliphatic heterocycles. The average molecular weight is 288 g/mol. The minimum absolute atomic E-state index is 0.249. The predicted octanol–water partition coefficient (Wildman–Crippen LogP) is 2.58. The molecule has 2 spiro atoms. The zero-order valence-electron chi connectivity index (χ0n) is 11.8. The molecule has 2 atom stereocenters. The normalized spacial score (nSPS) is 35.2. The molecule has 0 aromatic rings. The van der Waals surface area contributed by atoms with Crippen molar-refractivity contribution in [3.8, 4) is 0 Å². The second-order valence-electron chi connectivity index (χ2n) is 6.41. The van der Waals surface area contributed by atoms with Crippen LogP contribution >= 0.6 is 0 Å². The molecule has 2 N–H and O–H groups in total. The fraction of sp³-hybridized carbons (Fsp3) is 0.929. The molecular weight excluding hydrogens is 266 g/mol. The number of urea groups is 1. The zero-order valence-corrected chi connectivity index (χ0v) is 11.8. The summed E-state index contributed by atoms with van der Waals surface area (Å²) in [6.07, 6.45) is 4.26. The third-order valence-corrected chi connectivity index (χ3v) is 4.69. The number of ether oxygens (including phenoxy) is 1. The molecular formula is C14H22F2N2O2. The second-order valence-corrected chi connectivity index (χ2v) is 6.41. The highest BCUT2D eigenvalue weighted by molar-refractivity contribution is 5.75. The Morgan fingerprint density at radius 2 is 2.10 bits per heavy atom. The Labute approximate surface area is 117 Å². The number of hydrogen-bond acceptors (Lipinski definition) is 2. The SMILES string of the molecule is CCCCCNC(=O)N[C@H]1CC12CC(F)(F)C1(CC1)O2. The summed E-state index contributed by atoms with van der Waals surface area (Å²) in [5, 5.41) is 5.52. The van der Waals surface area contributed by atoms with Gasteiger partial charge < -0.3 is 15.4 Å². The number of carbonyl (C=O) groups excluding carboxylic acids is 1. The van der Waals surface area contributed by atoms with Crippen LogP contribution in [0.1, 0.15) is 51.9 Å². The lowest BCUT2D eigenvalue weighted by Crippen LogP contribution is -2.40. The molecule has 1 saturated heterocycles. The summed E-state index contributed by atoms with van der Waals surface area (Å²) in [6.45, 7) is 2.72. The molecule has 3 aliphatic rings. The Morgan fingerprint density at radius 3 is 2.70 bits per heavy atom. The summed E-state index contributed by atoms with van der Waals surface area (Å²) in [5.41, 5.74) is -2.01. The van der Waals surface area contributed by atoms with Crippen LogP contribution in [-0.4, -0.2) is 35.7 Å². The quantitative estimate of drug-likeness (QED) is 0.764. The molecule has 0 aromatic carbocycles. The predicted molar refractivity (Wildman–Crippen MR) is 69.8 cm³/mol. The minimum Gasteiger partial charge on any atom is -0.360 e. The Kier molecular flexibility index (Phi) is 3.19. The Bertz CT molecular complexity index is 404. The van der Waals surface area contributed by atoms with Crippen molar-refractivity contribution in [2.24, 2.45) is 0 Å². The molecule has 2 saturated carbocycles. The van der Waals surface area contributed by atoms with Gasteiger partial charge in [0.25, 0.3) is 5.92 Å². The summed E-state index contributed by atoms with van der Waals surface area (Å²) >= 11 is 0. The van der Waals surface area contributed by atoms with E-state index < -0.39 is 17.1 Å². The molecule has 3 fully saturated rings. The number of hydrogen-bond donors (Lipinski definition) is 2. The van der Waals surface area contributed by atoms with Crippen molar-refractivity contribution in [3.05, 3.63) is 0 Å². The highest BCUT2D eigenvalue weighted by Crippen LogP contribution is 2.67. The molecule has 1 heterocycles. The molecule has 4 nitrogen and oxygen atoms in total. The first-order valence-electron chi connectivity index (χ1n) is 7.55.